The molecular weight excluding hydrogens is 533 g/mol. The van der Waals surface area contributed by atoms with Crippen LogP contribution in [-0.4, -0.2) is 35.5 Å². The van der Waals surface area contributed by atoms with E-state index >= 15 is 0 Å². The average Bonchev–Trinajstić information content (AvgIpc) is 3.69. The summed E-state index contributed by atoms with van der Waals surface area (Å²) in [6.45, 7) is 14.7. The Morgan fingerprint density at radius 3 is 1.36 bits per heavy atom. The molecule has 5 heteroatoms. The number of nitrogens with one attached hydrogen (secondary N) is 2. The number of hydrogen-bond donors (Lipinski definition) is 2. The Balaban J connectivity index is 1.73. The van der Waals surface area contributed by atoms with Gasteiger partial charge in [-0.05, 0) is 118 Å². The molecule has 212 valence electrons. The number of aromatic amines is 2. The first-order valence-electron chi connectivity index (χ1n) is 14.7. The maximum atomic E-state index is 4.67. The summed E-state index contributed by atoms with van der Waals surface area (Å²) in [6.07, 6.45) is 4.81. The minimum atomic E-state index is 0.743. The van der Waals surface area contributed by atoms with E-state index < -0.39 is 0 Å². The standard InChI is InChI=1S/C37H38N4S/c1-22-16-24(3)34(25(4)17-22)36-30-10-8-28(40-30)20-38-14-7-15-39-21-29-9-11-31(41-29)37(33-13-12-32(36)42-33)35-26(5)18-23(2)19-27(35)6/h8-13,16-21,40-41H,7,14-15H2,1-6H3/b36-32-,37-33?,38-20?,39-21?. The lowest BCUT2D eigenvalue weighted by atomic mass is 9.92. The van der Waals surface area contributed by atoms with E-state index in [4.69, 9.17) is 0 Å². The van der Waals surface area contributed by atoms with E-state index in [1.165, 1.54) is 64.7 Å². The molecule has 1 aliphatic rings. The number of hydrogen-bond acceptors (Lipinski definition) is 3. The van der Waals surface area contributed by atoms with Gasteiger partial charge in [0.25, 0.3) is 0 Å². The molecule has 5 aromatic rings. The van der Waals surface area contributed by atoms with Crippen LogP contribution in [0.15, 0.2) is 70.6 Å². The first kappa shape index (κ1) is 27.9. The fourth-order valence-corrected chi connectivity index (χ4v) is 7.52. The molecule has 0 atom stereocenters. The molecule has 2 N–H and O–H groups in total. The third-order valence-electron chi connectivity index (χ3n) is 7.94. The third-order valence-corrected chi connectivity index (χ3v) is 9.06. The van der Waals surface area contributed by atoms with E-state index in [9.17, 15) is 0 Å². The number of rotatable bonds is 2. The highest BCUT2D eigenvalue weighted by molar-refractivity contribution is 7.08. The van der Waals surface area contributed by atoms with Crippen molar-refractivity contribution < 1.29 is 0 Å². The molecule has 0 unspecified atom stereocenters. The molecule has 1 aliphatic heterocycles. The van der Waals surface area contributed by atoms with Gasteiger partial charge in [-0.2, -0.15) is 0 Å². The van der Waals surface area contributed by atoms with Gasteiger partial charge in [-0.3, -0.25) is 9.98 Å². The van der Waals surface area contributed by atoms with Crippen molar-refractivity contribution in [2.75, 3.05) is 13.1 Å². The number of aliphatic imine (C=N–C) groups is 2. The van der Waals surface area contributed by atoms with Gasteiger partial charge in [0, 0.05) is 57.1 Å². The van der Waals surface area contributed by atoms with Crippen LogP contribution in [0.5, 0.6) is 0 Å². The molecule has 42 heavy (non-hydrogen) atoms. The zero-order valence-corrected chi connectivity index (χ0v) is 26.2. The van der Waals surface area contributed by atoms with Crippen molar-refractivity contribution in [2.45, 2.75) is 48.0 Å². The van der Waals surface area contributed by atoms with Crippen LogP contribution in [0.1, 0.15) is 73.7 Å². The monoisotopic (exact) mass is 570 g/mol. The molecule has 3 aromatic heterocycles. The largest absolute Gasteiger partial charge is 0.354 e. The summed E-state index contributed by atoms with van der Waals surface area (Å²) in [4.78, 5) is 16.7. The lowest BCUT2D eigenvalue weighted by molar-refractivity contribution is 0.850. The summed E-state index contributed by atoms with van der Waals surface area (Å²) in [5, 5.41) is 0. The molecule has 0 saturated carbocycles. The van der Waals surface area contributed by atoms with Gasteiger partial charge in [0.2, 0.25) is 0 Å². The molecule has 6 rings (SSSR count). The molecule has 0 spiro atoms. The minimum Gasteiger partial charge on any atom is -0.354 e. The molecule has 4 nitrogen and oxygen atoms in total. The predicted molar refractivity (Wildman–Crippen MR) is 179 cm³/mol. The summed E-state index contributed by atoms with van der Waals surface area (Å²) < 4.78 is 2.47. The van der Waals surface area contributed by atoms with E-state index in [-0.39, 0.29) is 0 Å². The van der Waals surface area contributed by atoms with Crippen LogP contribution < -0.4 is 9.06 Å². The zero-order chi connectivity index (χ0) is 29.4. The highest BCUT2D eigenvalue weighted by atomic mass is 32.1. The Labute approximate surface area is 252 Å². The highest BCUT2D eigenvalue weighted by Crippen LogP contribution is 2.30. The molecular formula is C37H38N4S. The van der Waals surface area contributed by atoms with Crippen LogP contribution in [0.4, 0.5) is 0 Å². The molecule has 0 saturated heterocycles. The second-order valence-electron chi connectivity index (χ2n) is 11.5. The molecule has 2 aromatic carbocycles. The minimum absolute atomic E-state index is 0.743. The van der Waals surface area contributed by atoms with Crippen molar-refractivity contribution in [1.82, 2.24) is 9.97 Å². The second kappa shape index (κ2) is 11.6. The van der Waals surface area contributed by atoms with E-state index in [0.717, 1.165) is 42.3 Å². The van der Waals surface area contributed by atoms with Crippen molar-refractivity contribution in [3.05, 3.63) is 137 Å². The molecule has 6 bridgehead atoms. The Hall–Kier alpha value is -4.22. The Kier molecular flexibility index (Phi) is 7.70. The maximum Gasteiger partial charge on any atom is 0.0566 e. The van der Waals surface area contributed by atoms with Gasteiger partial charge in [0.05, 0.1) is 11.4 Å². The Morgan fingerprint density at radius 1 is 0.548 bits per heavy atom. The van der Waals surface area contributed by atoms with Gasteiger partial charge in [-0.25, -0.2) is 0 Å². The number of nitrogens with zero attached hydrogens (tertiary/aromatic N) is 2. The van der Waals surface area contributed by atoms with Crippen LogP contribution in [-0.2, 0) is 0 Å². The van der Waals surface area contributed by atoms with Crippen LogP contribution in [0.2, 0.25) is 0 Å². The topological polar surface area (TPSA) is 56.3 Å². The normalized spacial score (nSPS) is 15.1. The summed E-state index contributed by atoms with van der Waals surface area (Å²) in [5.74, 6) is 0. The summed E-state index contributed by atoms with van der Waals surface area (Å²) >= 11 is 1.85. The molecule has 4 heterocycles. The first-order valence-corrected chi connectivity index (χ1v) is 15.5. The van der Waals surface area contributed by atoms with Crippen molar-refractivity contribution in [3.63, 3.8) is 0 Å². The van der Waals surface area contributed by atoms with Gasteiger partial charge < -0.3 is 9.97 Å². The number of fused-ring (bicyclic) bond motifs is 6. The van der Waals surface area contributed by atoms with Crippen LogP contribution >= 0.6 is 11.3 Å². The lowest BCUT2D eigenvalue weighted by Crippen LogP contribution is -2.10. The molecule has 0 radical (unpaired) electrons. The van der Waals surface area contributed by atoms with Crippen molar-refractivity contribution in [1.29, 1.82) is 0 Å². The van der Waals surface area contributed by atoms with Gasteiger partial charge in [0.1, 0.15) is 0 Å². The zero-order valence-electron chi connectivity index (χ0n) is 25.4. The Bertz CT molecular complexity index is 1790. The molecule has 0 fully saturated rings. The molecule has 0 amide bonds. The SMILES string of the molecule is Cc1cc(C)c(C2=c3cc/c(s3)=C(/c3c(C)cc(C)cc3C)c3ccc([nH]3)C=NCCCN=Cc3ccc2[nH]3)c(C)c1. The van der Waals surface area contributed by atoms with Crippen LogP contribution in [0, 0.1) is 41.5 Å². The van der Waals surface area contributed by atoms with E-state index in [0.29, 0.717) is 0 Å². The summed E-state index contributed by atoms with van der Waals surface area (Å²) in [5.41, 5.74) is 17.0. The van der Waals surface area contributed by atoms with Crippen molar-refractivity contribution in [3.8, 4) is 0 Å². The number of aromatic nitrogens is 2. The number of H-pyrrole nitrogens is 2. The van der Waals surface area contributed by atoms with E-state index in [2.05, 4.69) is 122 Å². The van der Waals surface area contributed by atoms with Gasteiger partial charge >= 0.3 is 0 Å². The number of thiophene rings is 1. The van der Waals surface area contributed by atoms with E-state index in [1.807, 2.05) is 23.8 Å². The van der Waals surface area contributed by atoms with Gasteiger partial charge in [-0.1, -0.05) is 35.4 Å². The predicted octanol–water partition coefficient (Wildman–Crippen LogP) is 6.99. The Morgan fingerprint density at radius 2 is 0.952 bits per heavy atom. The third kappa shape index (κ3) is 5.49. The smallest absolute Gasteiger partial charge is 0.0566 e. The summed E-state index contributed by atoms with van der Waals surface area (Å²) in [7, 11) is 0. The quantitative estimate of drug-likeness (QED) is 0.230. The summed E-state index contributed by atoms with van der Waals surface area (Å²) in [6, 6.07) is 22.4. The molecule has 0 aliphatic carbocycles. The maximum absolute atomic E-state index is 4.67. The van der Waals surface area contributed by atoms with E-state index in [1.54, 1.807) is 0 Å². The van der Waals surface area contributed by atoms with Crippen molar-refractivity contribution in [2.24, 2.45) is 9.98 Å². The first-order chi connectivity index (χ1) is 20.3. The lowest BCUT2D eigenvalue weighted by Gasteiger charge is -2.15. The van der Waals surface area contributed by atoms with Gasteiger partial charge in [0.15, 0.2) is 0 Å². The van der Waals surface area contributed by atoms with Gasteiger partial charge in [-0.15, -0.1) is 11.3 Å². The van der Waals surface area contributed by atoms with Crippen LogP contribution in [0.3, 0.4) is 0 Å². The number of aryl methyl sites for hydroxylation is 6. The highest BCUT2D eigenvalue weighted by Gasteiger charge is 2.18. The fraction of sp³-hybridized carbons (Fsp3) is 0.243. The second-order valence-corrected chi connectivity index (χ2v) is 12.6. The average molecular weight is 571 g/mol. The van der Waals surface area contributed by atoms with Crippen LogP contribution in [0.25, 0.3) is 11.1 Å². The number of benzene rings is 2. The van der Waals surface area contributed by atoms with Crippen molar-refractivity contribution >= 4 is 34.9 Å². The fourth-order valence-electron chi connectivity index (χ4n) is 6.38.